The number of hydrogen-bond donors (Lipinski definition) is 2. The molecular weight excluding hydrogens is 482 g/mol. The second-order valence-electron chi connectivity index (χ2n) is 8.42. The van der Waals surface area contributed by atoms with Gasteiger partial charge in [0.15, 0.2) is 11.5 Å². The summed E-state index contributed by atoms with van der Waals surface area (Å²) >= 11 is 25.8. The molecule has 2 atom stereocenters. The van der Waals surface area contributed by atoms with Crippen LogP contribution in [0.4, 0.5) is 0 Å². The van der Waals surface area contributed by atoms with Crippen LogP contribution in [-0.2, 0) is 5.41 Å². The summed E-state index contributed by atoms with van der Waals surface area (Å²) in [5.41, 5.74) is 1.01. The molecule has 0 radical (unpaired) electrons. The number of ether oxygens (including phenoxy) is 2. The fraction of sp³-hybridized carbons (Fsp3) is 0.478. The molecule has 0 aromatic heterocycles. The molecule has 0 aliphatic heterocycles. The summed E-state index contributed by atoms with van der Waals surface area (Å²) in [6.07, 6.45) is 0.729. The quantitative estimate of drug-likeness (QED) is 0.359. The maximum atomic E-state index is 10.2. The molecule has 2 rings (SSSR count). The molecule has 0 aliphatic carbocycles. The Hall–Kier alpha value is -0.880. The highest BCUT2D eigenvalue weighted by Gasteiger charge is 2.30. The van der Waals surface area contributed by atoms with Crippen LogP contribution in [-0.4, -0.2) is 21.8 Å². The Morgan fingerprint density at radius 3 is 1.13 bits per heavy atom. The standard InChI is InChI=1S/C23H28Cl4O4/c1-7-22(5,28)30-19-15(24)9-13(10-16(19)25)21(3,4)14-11-17(26)20(18(27)12-14)31-23(6,29)8-2/h9-12,28-29H,7-8H2,1-6H3. The first-order chi connectivity index (χ1) is 14.1. The zero-order valence-electron chi connectivity index (χ0n) is 18.4. The number of benzene rings is 2. The number of hydrogen-bond acceptors (Lipinski definition) is 4. The van der Waals surface area contributed by atoms with E-state index in [-0.39, 0.29) is 31.6 Å². The van der Waals surface area contributed by atoms with Crippen LogP contribution in [0.25, 0.3) is 0 Å². The van der Waals surface area contributed by atoms with Crippen LogP contribution in [0.1, 0.15) is 65.5 Å². The van der Waals surface area contributed by atoms with Gasteiger partial charge in [-0.05, 0) is 35.4 Å². The highest BCUT2D eigenvalue weighted by molar-refractivity contribution is 6.38. The first kappa shape index (κ1) is 26.4. The van der Waals surface area contributed by atoms with Crippen LogP contribution in [0.15, 0.2) is 24.3 Å². The average Bonchev–Trinajstić information content (AvgIpc) is 2.67. The van der Waals surface area contributed by atoms with Gasteiger partial charge in [-0.15, -0.1) is 0 Å². The van der Waals surface area contributed by atoms with Crippen LogP contribution in [0.5, 0.6) is 11.5 Å². The summed E-state index contributed by atoms with van der Waals surface area (Å²) in [7, 11) is 0. The van der Waals surface area contributed by atoms with E-state index in [0.29, 0.717) is 12.8 Å². The van der Waals surface area contributed by atoms with E-state index in [0.717, 1.165) is 11.1 Å². The van der Waals surface area contributed by atoms with Gasteiger partial charge in [-0.2, -0.15) is 0 Å². The molecule has 0 spiro atoms. The molecule has 2 aromatic rings. The van der Waals surface area contributed by atoms with Gasteiger partial charge in [-0.3, -0.25) is 0 Å². The van der Waals surface area contributed by atoms with Crippen molar-refractivity contribution in [2.24, 2.45) is 0 Å². The van der Waals surface area contributed by atoms with E-state index < -0.39 is 17.0 Å². The van der Waals surface area contributed by atoms with E-state index in [1.807, 2.05) is 13.8 Å². The van der Waals surface area contributed by atoms with Crippen LogP contribution >= 0.6 is 46.4 Å². The van der Waals surface area contributed by atoms with Crippen LogP contribution < -0.4 is 9.47 Å². The molecule has 2 aromatic carbocycles. The number of rotatable bonds is 8. The summed E-state index contributed by atoms with van der Waals surface area (Å²) in [5, 5.41) is 21.6. The van der Waals surface area contributed by atoms with Gasteiger partial charge >= 0.3 is 0 Å². The highest BCUT2D eigenvalue weighted by Crippen LogP contribution is 2.45. The summed E-state index contributed by atoms with van der Waals surface area (Å²) in [6.45, 7) is 10.6. The third kappa shape index (κ3) is 6.13. The number of halogens is 4. The molecule has 2 N–H and O–H groups in total. The molecule has 4 nitrogen and oxygen atoms in total. The molecular formula is C23H28Cl4O4. The maximum absolute atomic E-state index is 10.2. The first-order valence-corrected chi connectivity index (χ1v) is 11.5. The van der Waals surface area contributed by atoms with Crippen molar-refractivity contribution in [2.75, 3.05) is 0 Å². The lowest BCUT2D eigenvalue weighted by atomic mass is 9.78. The zero-order chi connectivity index (χ0) is 23.8. The van der Waals surface area contributed by atoms with Gasteiger partial charge in [0.05, 0.1) is 20.1 Å². The average molecular weight is 510 g/mol. The molecule has 8 heteroatoms. The van der Waals surface area contributed by atoms with E-state index in [2.05, 4.69) is 0 Å². The lowest BCUT2D eigenvalue weighted by Gasteiger charge is -2.30. The van der Waals surface area contributed by atoms with Crippen molar-refractivity contribution in [3.05, 3.63) is 55.5 Å². The van der Waals surface area contributed by atoms with E-state index in [1.54, 1.807) is 52.0 Å². The first-order valence-electron chi connectivity index (χ1n) is 9.95. The summed E-state index contributed by atoms with van der Waals surface area (Å²) < 4.78 is 11.2. The van der Waals surface area contributed by atoms with Crippen LogP contribution in [0, 0.1) is 0 Å². The van der Waals surface area contributed by atoms with Gasteiger partial charge in [0, 0.05) is 32.1 Å². The molecule has 0 bridgehead atoms. The van der Waals surface area contributed by atoms with Crippen molar-refractivity contribution < 1.29 is 19.7 Å². The van der Waals surface area contributed by atoms with E-state index in [4.69, 9.17) is 55.9 Å². The minimum atomic E-state index is -1.39. The molecule has 172 valence electrons. The minimum Gasteiger partial charge on any atom is -0.460 e. The molecule has 0 aliphatic rings. The van der Waals surface area contributed by atoms with E-state index in [1.165, 1.54) is 0 Å². The Kier molecular flexibility index (Phi) is 8.12. The Balaban J connectivity index is 2.48. The van der Waals surface area contributed by atoms with Crippen LogP contribution in [0.3, 0.4) is 0 Å². The SMILES string of the molecule is CCC(C)(O)Oc1c(Cl)cc(C(C)(C)c2cc(Cl)c(OC(C)(O)CC)c(Cl)c2)cc1Cl. The predicted octanol–water partition coefficient (Wildman–Crippen LogP) is 7.62. The molecule has 0 heterocycles. The summed E-state index contributed by atoms with van der Waals surface area (Å²) in [5.74, 6) is -2.34. The normalized spacial score (nSPS) is 15.9. The Morgan fingerprint density at radius 2 is 0.903 bits per heavy atom. The van der Waals surface area contributed by atoms with Gasteiger partial charge < -0.3 is 19.7 Å². The smallest absolute Gasteiger partial charge is 0.205 e. The number of aliphatic hydroxyl groups is 2. The fourth-order valence-electron chi connectivity index (χ4n) is 2.79. The Labute approximate surface area is 204 Å². The third-order valence-electron chi connectivity index (χ3n) is 5.40. The van der Waals surface area contributed by atoms with Crippen molar-refractivity contribution in [3.8, 4) is 11.5 Å². The Morgan fingerprint density at radius 1 is 0.645 bits per heavy atom. The molecule has 0 fully saturated rings. The van der Waals surface area contributed by atoms with Crippen molar-refractivity contribution >= 4 is 46.4 Å². The molecule has 31 heavy (non-hydrogen) atoms. The van der Waals surface area contributed by atoms with Crippen LogP contribution in [0.2, 0.25) is 20.1 Å². The molecule has 0 saturated carbocycles. The molecule has 0 amide bonds. The van der Waals surface area contributed by atoms with Crippen molar-refractivity contribution in [3.63, 3.8) is 0 Å². The van der Waals surface area contributed by atoms with Gasteiger partial charge in [-0.25, -0.2) is 0 Å². The largest absolute Gasteiger partial charge is 0.460 e. The van der Waals surface area contributed by atoms with Gasteiger partial charge in [-0.1, -0.05) is 74.1 Å². The lowest BCUT2D eigenvalue weighted by molar-refractivity contribution is -0.123. The van der Waals surface area contributed by atoms with Crippen molar-refractivity contribution in [1.29, 1.82) is 0 Å². The molecule has 0 saturated heterocycles. The minimum absolute atomic E-state index is 0.219. The predicted molar refractivity (Wildman–Crippen MR) is 128 cm³/mol. The highest BCUT2D eigenvalue weighted by atomic mass is 35.5. The second-order valence-corrected chi connectivity index (χ2v) is 10.1. The Bertz CT molecular complexity index is 833. The summed E-state index contributed by atoms with van der Waals surface area (Å²) in [4.78, 5) is 0. The van der Waals surface area contributed by atoms with Crippen molar-refractivity contribution in [2.45, 2.75) is 71.4 Å². The lowest BCUT2D eigenvalue weighted by Crippen LogP contribution is -2.31. The summed E-state index contributed by atoms with van der Waals surface area (Å²) in [6, 6.07) is 6.95. The monoisotopic (exact) mass is 508 g/mol. The molecule has 2 unspecified atom stereocenters. The van der Waals surface area contributed by atoms with E-state index >= 15 is 0 Å². The fourth-order valence-corrected chi connectivity index (χ4v) is 3.92. The maximum Gasteiger partial charge on any atom is 0.205 e. The van der Waals surface area contributed by atoms with Gasteiger partial charge in [0.2, 0.25) is 11.6 Å². The third-order valence-corrected chi connectivity index (χ3v) is 6.52. The van der Waals surface area contributed by atoms with Gasteiger partial charge in [0.25, 0.3) is 0 Å². The van der Waals surface area contributed by atoms with E-state index in [9.17, 15) is 10.2 Å². The van der Waals surface area contributed by atoms with Crippen molar-refractivity contribution in [1.82, 2.24) is 0 Å². The van der Waals surface area contributed by atoms with Gasteiger partial charge in [0.1, 0.15) is 0 Å². The second kappa shape index (κ2) is 9.54. The zero-order valence-corrected chi connectivity index (χ0v) is 21.5. The topological polar surface area (TPSA) is 58.9 Å².